The summed E-state index contributed by atoms with van der Waals surface area (Å²) in [6, 6.07) is 9.77. The van der Waals surface area contributed by atoms with Crippen molar-refractivity contribution in [2.75, 3.05) is 38.0 Å². The van der Waals surface area contributed by atoms with E-state index >= 15 is 0 Å². The highest BCUT2D eigenvalue weighted by molar-refractivity contribution is 6.31. The molecular weight excluding hydrogens is 381 g/mol. The summed E-state index contributed by atoms with van der Waals surface area (Å²) in [4.78, 5) is 28.4. The van der Waals surface area contributed by atoms with Crippen molar-refractivity contribution in [3.63, 3.8) is 0 Å². The molecule has 0 aliphatic carbocycles. The van der Waals surface area contributed by atoms with E-state index in [0.29, 0.717) is 31.2 Å². The molecule has 0 atom stereocenters. The topological polar surface area (TPSA) is 52.7 Å². The Morgan fingerprint density at radius 2 is 1.75 bits per heavy atom. The van der Waals surface area contributed by atoms with E-state index in [-0.39, 0.29) is 23.9 Å². The van der Waals surface area contributed by atoms with Crippen LogP contribution in [0, 0.1) is 19.7 Å². The lowest BCUT2D eigenvalue weighted by Crippen LogP contribution is -2.50. The number of benzene rings is 2. The molecule has 1 saturated heterocycles. The fourth-order valence-electron chi connectivity index (χ4n) is 3.16. The van der Waals surface area contributed by atoms with Gasteiger partial charge in [-0.25, -0.2) is 4.39 Å². The highest BCUT2D eigenvalue weighted by Gasteiger charge is 2.25. The fraction of sp³-hybridized carbons (Fsp3) is 0.333. The zero-order valence-electron chi connectivity index (χ0n) is 16.0. The average Bonchev–Trinajstić information content (AvgIpc) is 2.66. The number of amides is 2. The molecule has 28 heavy (non-hydrogen) atoms. The number of aryl methyl sites for hydroxylation is 2. The number of anilines is 1. The Labute approximate surface area is 169 Å². The summed E-state index contributed by atoms with van der Waals surface area (Å²) in [5.41, 5.74) is 3.06. The summed E-state index contributed by atoms with van der Waals surface area (Å²) in [6.45, 7) is 6.24. The van der Waals surface area contributed by atoms with Gasteiger partial charge in [0.25, 0.3) is 5.91 Å². The number of halogens is 2. The molecule has 1 fully saturated rings. The Balaban J connectivity index is 1.52. The number of hydrogen-bond acceptors (Lipinski definition) is 3. The van der Waals surface area contributed by atoms with Crippen LogP contribution in [0.5, 0.6) is 0 Å². The van der Waals surface area contributed by atoms with Crippen LogP contribution in [0.2, 0.25) is 5.02 Å². The summed E-state index contributed by atoms with van der Waals surface area (Å²) in [7, 11) is 0. The molecule has 2 aromatic carbocycles. The lowest BCUT2D eigenvalue weighted by atomic mass is 10.1. The van der Waals surface area contributed by atoms with Crippen molar-refractivity contribution in [1.82, 2.24) is 9.80 Å². The monoisotopic (exact) mass is 403 g/mol. The Kier molecular flexibility index (Phi) is 6.31. The van der Waals surface area contributed by atoms with Crippen LogP contribution in [0.3, 0.4) is 0 Å². The van der Waals surface area contributed by atoms with Crippen molar-refractivity contribution in [2.24, 2.45) is 0 Å². The number of nitrogens with zero attached hydrogens (tertiary/aromatic N) is 2. The second kappa shape index (κ2) is 8.71. The van der Waals surface area contributed by atoms with E-state index in [1.165, 1.54) is 23.8 Å². The number of piperazine rings is 1. The van der Waals surface area contributed by atoms with Crippen molar-refractivity contribution in [3.8, 4) is 0 Å². The SMILES string of the molecule is Cc1ccc(NC(=O)CN2CCN(C(=O)c3cc(Cl)ccc3F)CC2)cc1C. The van der Waals surface area contributed by atoms with Gasteiger partial charge in [-0.3, -0.25) is 14.5 Å². The maximum atomic E-state index is 13.9. The number of carbonyl (C=O) groups excluding carboxylic acids is 2. The molecule has 148 valence electrons. The quantitative estimate of drug-likeness (QED) is 0.850. The van der Waals surface area contributed by atoms with Gasteiger partial charge in [-0.2, -0.15) is 0 Å². The highest BCUT2D eigenvalue weighted by atomic mass is 35.5. The molecule has 0 spiro atoms. The van der Waals surface area contributed by atoms with E-state index in [1.54, 1.807) is 4.90 Å². The number of nitrogens with one attached hydrogen (secondary N) is 1. The third kappa shape index (κ3) is 4.88. The molecule has 1 N–H and O–H groups in total. The van der Waals surface area contributed by atoms with Crippen LogP contribution < -0.4 is 5.32 Å². The molecule has 0 radical (unpaired) electrons. The number of hydrogen-bond donors (Lipinski definition) is 1. The predicted molar refractivity (Wildman–Crippen MR) is 108 cm³/mol. The first-order chi connectivity index (χ1) is 13.3. The van der Waals surface area contributed by atoms with Crippen molar-refractivity contribution in [1.29, 1.82) is 0 Å². The van der Waals surface area contributed by atoms with Gasteiger partial charge in [0.05, 0.1) is 12.1 Å². The van der Waals surface area contributed by atoms with Gasteiger partial charge in [0.15, 0.2) is 0 Å². The molecule has 0 bridgehead atoms. The minimum Gasteiger partial charge on any atom is -0.336 e. The van der Waals surface area contributed by atoms with E-state index in [4.69, 9.17) is 11.6 Å². The molecular formula is C21H23ClFN3O2. The summed E-state index contributed by atoms with van der Waals surface area (Å²) < 4.78 is 13.9. The van der Waals surface area contributed by atoms with E-state index in [9.17, 15) is 14.0 Å². The van der Waals surface area contributed by atoms with Crippen LogP contribution in [0.25, 0.3) is 0 Å². The van der Waals surface area contributed by atoms with Crippen LogP contribution in [0.4, 0.5) is 10.1 Å². The van der Waals surface area contributed by atoms with Crippen molar-refractivity contribution >= 4 is 29.1 Å². The standard InChI is InChI=1S/C21H23ClFN3O2/c1-14-3-5-17(11-15(14)2)24-20(27)13-25-7-9-26(10-8-25)21(28)18-12-16(22)4-6-19(18)23/h3-6,11-12H,7-10,13H2,1-2H3,(H,24,27). The van der Waals surface area contributed by atoms with Crippen molar-refractivity contribution < 1.29 is 14.0 Å². The summed E-state index contributed by atoms with van der Waals surface area (Å²) in [6.07, 6.45) is 0. The van der Waals surface area contributed by atoms with Gasteiger partial charge in [-0.15, -0.1) is 0 Å². The summed E-state index contributed by atoms with van der Waals surface area (Å²) in [5, 5.41) is 3.23. The molecule has 1 aliphatic rings. The van der Waals surface area contributed by atoms with E-state index < -0.39 is 5.82 Å². The first kappa shape index (κ1) is 20.3. The zero-order valence-corrected chi connectivity index (χ0v) is 16.7. The van der Waals surface area contributed by atoms with Gasteiger partial charge >= 0.3 is 0 Å². The second-order valence-corrected chi connectivity index (χ2v) is 7.48. The highest BCUT2D eigenvalue weighted by Crippen LogP contribution is 2.18. The third-order valence-corrected chi connectivity index (χ3v) is 5.21. The van der Waals surface area contributed by atoms with Gasteiger partial charge in [0.1, 0.15) is 5.82 Å². The van der Waals surface area contributed by atoms with Crippen molar-refractivity contribution in [2.45, 2.75) is 13.8 Å². The van der Waals surface area contributed by atoms with Gasteiger partial charge in [0.2, 0.25) is 5.91 Å². The Hall–Kier alpha value is -2.44. The molecule has 5 nitrogen and oxygen atoms in total. The summed E-state index contributed by atoms with van der Waals surface area (Å²) >= 11 is 5.88. The van der Waals surface area contributed by atoms with E-state index in [1.807, 2.05) is 36.9 Å². The number of rotatable bonds is 4. The van der Waals surface area contributed by atoms with Gasteiger partial charge in [0, 0.05) is 36.9 Å². The lowest BCUT2D eigenvalue weighted by Gasteiger charge is -2.34. The Morgan fingerprint density at radius 3 is 2.43 bits per heavy atom. The van der Waals surface area contributed by atoms with Crippen LogP contribution in [0.1, 0.15) is 21.5 Å². The molecule has 2 aromatic rings. The minimum atomic E-state index is -0.579. The second-order valence-electron chi connectivity index (χ2n) is 7.04. The van der Waals surface area contributed by atoms with Gasteiger partial charge in [-0.1, -0.05) is 17.7 Å². The van der Waals surface area contributed by atoms with Crippen LogP contribution in [0.15, 0.2) is 36.4 Å². The Bertz CT molecular complexity index is 895. The molecule has 0 saturated carbocycles. The molecule has 1 heterocycles. The predicted octanol–water partition coefficient (Wildman–Crippen LogP) is 3.49. The molecule has 0 aromatic heterocycles. The minimum absolute atomic E-state index is 0.0200. The van der Waals surface area contributed by atoms with Gasteiger partial charge in [-0.05, 0) is 55.3 Å². The molecule has 2 amide bonds. The molecule has 0 unspecified atom stereocenters. The first-order valence-corrected chi connectivity index (χ1v) is 9.55. The van der Waals surface area contributed by atoms with Crippen LogP contribution in [-0.4, -0.2) is 54.3 Å². The maximum absolute atomic E-state index is 13.9. The molecule has 7 heteroatoms. The fourth-order valence-corrected chi connectivity index (χ4v) is 3.34. The van der Waals surface area contributed by atoms with E-state index in [2.05, 4.69) is 5.32 Å². The maximum Gasteiger partial charge on any atom is 0.256 e. The van der Waals surface area contributed by atoms with E-state index in [0.717, 1.165) is 11.3 Å². The largest absolute Gasteiger partial charge is 0.336 e. The smallest absolute Gasteiger partial charge is 0.256 e. The van der Waals surface area contributed by atoms with Gasteiger partial charge < -0.3 is 10.2 Å². The number of carbonyl (C=O) groups is 2. The normalized spacial score (nSPS) is 14.8. The van der Waals surface area contributed by atoms with Crippen molar-refractivity contribution in [3.05, 3.63) is 63.9 Å². The third-order valence-electron chi connectivity index (χ3n) is 4.98. The average molecular weight is 404 g/mol. The molecule has 1 aliphatic heterocycles. The zero-order chi connectivity index (χ0) is 20.3. The molecule has 3 rings (SSSR count). The van der Waals surface area contributed by atoms with Crippen LogP contribution in [-0.2, 0) is 4.79 Å². The lowest BCUT2D eigenvalue weighted by molar-refractivity contribution is -0.117. The van der Waals surface area contributed by atoms with Crippen LogP contribution >= 0.6 is 11.6 Å². The summed E-state index contributed by atoms with van der Waals surface area (Å²) in [5.74, 6) is -1.05. The Morgan fingerprint density at radius 1 is 1.04 bits per heavy atom. The first-order valence-electron chi connectivity index (χ1n) is 9.17.